The summed E-state index contributed by atoms with van der Waals surface area (Å²) < 4.78 is 13.7. The van der Waals surface area contributed by atoms with Crippen molar-refractivity contribution in [1.29, 1.82) is 0 Å². The molecule has 1 saturated heterocycles. The van der Waals surface area contributed by atoms with Gasteiger partial charge in [0.1, 0.15) is 5.82 Å². The SMILES string of the molecule is O=C(NC1CCN(C(=O)CCCl)CC1)c1c(F)cccc1Cl. The van der Waals surface area contributed by atoms with Crippen LogP contribution in [-0.2, 0) is 4.79 Å². The van der Waals surface area contributed by atoms with E-state index in [0.29, 0.717) is 38.2 Å². The zero-order valence-electron chi connectivity index (χ0n) is 11.9. The fourth-order valence-corrected chi connectivity index (χ4v) is 2.89. The molecule has 0 spiro atoms. The van der Waals surface area contributed by atoms with E-state index in [4.69, 9.17) is 23.2 Å². The predicted molar refractivity (Wildman–Crippen MR) is 83.8 cm³/mol. The molecule has 0 bridgehead atoms. The van der Waals surface area contributed by atoms with Crippen molar-refractivity contribution in [3.63, 3.8) is 0 Å². The lowest BCUT2D eigenvalue weighted by molar-refractivity contribution is -0.131. The average Bonchev–Trinajstić information content (AvgIpc) is 2.48. The van der Waals surface area contributed by atoms with Gasteiger partial charge in [-0.3, -0.25) is 9.59 Å². The standard InChI is InChI=1S/C15H17Cl2FN2O2/c16-7-4-13(21)20-8-5-10(6-9-20)19-15(22)14-11(17)2-1-3-12(14)18/h1-3,10H,4-9H2,(H,19,22). The van der Waals surface area contributed by atoms with Gasteiger partial charge in [-0.15, -0.1) is 11.6 Å². The quantitative estimate of drug-likeness (QED) is 0.852. The minimum Gasteiger partial charge on any atom is -0.349 e. The van der Waals surface area contributed by atoms with Crippen LogP contribution in [0.5, 0.6) is 0 Å². The Balaban J connectivity index is 1.91. The minimum absolute atomic E-state index is 0.0249. The van der Waals surface area contributed by atoms with E-state index in [-0.39, 0.29) is 22.5 Å². The van der Waals surface area contributed by atoms with E-state index >= 15 is 0 Å². The van der Waals surface area contributed by atoms with Crippen molar-refractivity contribution < 1.29 is 14.0 Å². The number of benzene rings is 1. The maximum Gasteiger partial charge on any atom is 0.255 e. The van der Waals surface area contributed by atoms with E-state index in [9.17, 15) is 14.0 Å². The highest BCUT2D eigenvalue weighted by Crippen LogP contribution is 2.20. The number of likely N-dealkylation sites (tertiary alicyclic amines) is 1. The van der Waals surface area contributed by atoms with Crippen LogP contribution in [0, 0.1) is 5.82 Å². The first-order valence-electron chi connectivity index (χ1n) is 7.11. The lowest BCUT2D eigenvalue weighted by Gasteiger charge is -2.32. The molecule has 1 aliphatic heterocycles. The van der Waals surface area contributed by atoms with Crippen LogP contribution in [0.2, 0.25) is 5.02 Å². The average molecular weight is 347 g/mol. The molecule has 1 aliphatic rings. The Hall–Kier alpha value is -1.33. The van der Waals surface area contributed by atoms with Gasteiger partial charge >= 0.3 is 0 Å². The third kappa shape index (κ3) is 4.11. The number of carbonyl (C=O) groups is 2. The van der Waals surface area contributed by atoms with Crippen LogP contribution in [0.25, 0.3) is 0 Å². The molecular weight excluding hydrogens is 330 g/mol. The molecule has 4 nitrogen and oxygen atoms in total. The Morgan fingerprint density at radius 1 is 1.32 bits per heavy atom. The van der Waals surface area contributed by atoms with E-state index in [1.54, 1.807) is 4.90 Å². The zero-order valence-corrected chi connectivity index (χ0v) is 13.5. The number of nitrogens with zero attached hydrogens (tertiary/aromatic N) is 1. The molecule has 0 unspecified atom stereocenters. The number of carbonyl (C=O) groups excluding carboxylic acids is 2. The zero-order chi connectivity index (χ0) is 16.1. The van der Waals surface area contributed by atoms with Gasteiger partial charge in [0.25, 0.3) is 5.91 Å². The first kappa shape index (κ1) is 17.0. The van der Waals surface area contributed by atoms with Crippen LogP contribution in [0.4, 0.5) is 4.39 Å². The minimum atomic E-state index is -0.639. The summed E-state index contributed by atoms with van der Waals surface area (Å²) in [6.45, 7) is 1.12. The van der Waals surface area contributed by atoms with E-state index in [2.05, 4.69) is 5.32 Å². The number of hydrogen-bond acceptors (Lipinski definition) is 2. The van der Waals surface area contributed by atoms with Crippen molar-refractivity contribution in [2.24, 2.45) is 0 Å². The Bertz CT molecular complexity index is 540. The van der Waals surface area contributed by atoms with Gasteiger partial charge in [-0.05, 0) is 25.0 Å². The number of halogens is 3. The van der Waals surface area contributed by atoms with E-state index in [0.717, 1.165) is 0 Å². The molecule has 22 heavy (non-hydrogen) atoms. The fourth-order valence-electron chi connectivity index (χ4n) is 2.48. The summed E-state index contributed by atoms with van der Waals surface area (Å²) >= 11 is 11.4. The number of nitrogens with one attached hydrogen (secondary N) is 1. The van der Waals surface area contributed by atoms with Gasteiger partial charge in [0.15, 0.2) is 0 Å². The van der Waals surface area contributed by atoms with E-state index in [1.165, 1.54) is 18.2 Å². The third-order valence-corrected chi connectivity index (χ3v) is 4.19. The second-order valence-corrected chi connectivity index (χ2v) is 5.95. The van der Waals surface area contributed by atoms with Crippen molar-refractivity contribution in [2.45, 2.75) is 25.3 Å². The third-order valence-electron chi connectivity index (χ3n) is 3.68. The van der Waals surface area contributed by atoms with Crippen LogP contribution in [-0.4, -0.2) is 41.7 Å². The molecule has 0 aliphatic carbocycles. The van der Waals surface area contributed by atoms with Crippen LogP contribution in [0.3, 0.4) is 0 Å². The number of rotatable bonds is 4. The van der Waals surface area contributed by atoms with Gasteiger partial charge in [-0.25, -0.2) is 4.39 Å². The first-order chi connectivity index (χ1) is 10.5. The molecule has 0 radical (unpaired) electrons. The van der Waals surface area contributed by atoms with Gasteiger partial charge in [0.2, 0.25) is 5.91 Å². The Kier molecular flexibility index (Phi) is 6.03. The second kappa shape index (κ2) is 7.79. The summed E-state index contributed by atoms with van der Waals surface area (Å²) in [4.78, 5) is 25.6. The maximum absolute atomic E-state index is 13.7. The normalized spacial score (nSPS) is 15.7. The largest absolute Gasteiger partial charge is 0.349 e. The monoisotopic (exact) mass is 346 g/mol. The Morgan fingerprint density at radius 2 is 2.00 bits per heavy atom. The van der Waals surface area contributed by atoms with Gasteiger partial charge < -0.3 is 10.2 Å². The number of piperidine rings is 1. The first-order valence-corrected chi connectivity index (χ1v) is 8.02. The van der Waals surface area contributed by atoms with Crippen molar-refractivity contribution >= 4 is 35.0 Å². The van der Waals surface area contributed by atoms with Crippen LogP contribution >= 0.6 is 23.2 Å². The molecule has 1 aromatic rings. The van der Waals surface area contributed by atoms with Crippen LogP contribution in [0.15, 0.2) is 18.2 Å². The summed E-state index contributed by atoms with van der Waals surface area (Å²) in [5, 5.41) is 2.87. The summed E-state index contributed by atoms with van der Waals surface area (Å²) in [5.74, 6) is -0.827. The second-order valence-electron chi connectivity index (χ2n) is 5.16. The lowest BCUT2D eigenvalue weighted by Crippen LogP contribution is -2.46. The highest BCUT2D eigenvalue weighted by molar-refractivity contribution is 6.33. The molecule has 2 amide bonds. The van der Waals surface area contributed by atoms with Gasteiger partial charge in [0, 0.05) is 31.4 Å². The van der Waals surface area contributed by atoms with Crippen molar-refractivity contribution in [1.82, 2.24) is 10.2 Å². The summed E-state index contributed by atoms with van der Waals surface area (Å²) in [5.41, 5.74) is -0.134. The van der Waals surface area contributed by atoms with E-state index in [1.807, 2.05) is 0 Å². The van der Waals surface area contributed by atoms with Gasteiger partial charge in [-0.1, -0.05) is 17.7 Å². The molecule has 0 atom stereocenters. The molecular formula is C15H17Cl2FN2O2. The molecule has 7 heteroatoms. The van der Waals surface area contributed by atoms with Crippen molar-refractivity contribution in [3.05, 3.63) is 34.6 Å². The summed E-state index contributed by atoms with van der Waals surface area (Å²) in [6, 6.07) is 4.04. The molecule has 0 saturated carbocycles. The topological polar surface area (TPSA) is 49.4 Å². The lowest BCUT2D eigenvalue weighted by atomic mass is 10.0. The van der Waals surface area contributed by atoms with Crippen LogP contribution < -0.4 is 5.32 Å². The molecule has 1 N–H and O–H groups in total. The van der Waals surface area contributed by atoms with Crippen molar-refractivity contribution in [2.75, 3.05) is 19.0 Å². The number of hydrogen-bond donors (Lipinski definition) is 1. The summed E-state index contributed by atoms with van der Waals surface area (Å²) in [6.07, 6.45) is 1.58. The smallest absolute Gasteiger partial charge is 0.255 e. The molecule has 1 heterocycles. The highest BCUT2D eigenvalue weighted by atomic mass is 35.5. The fraction of sp³-hybridized carbons (Fsp3) is 0.467. The number of alkyl halides is 1. The Labute approximate surface area is 138 Å². The van der Waals surface area contributed by atoms with Crippen molar-refractivity contribution in [3.8, 4) is 0 Å². The molecule has 120 valence electrons. The predicted octanol–water partition coefficient (Wildman–Crippen LogP) is 2.83. The maximum atomic E-state index is 13.7. The molecule has 1 aromatic carbocycles. The van der Waals surface area contributed by atoms with E-state index < -0.39 is 11.7 Å². The van der Waals surface area contributed by atoms with Gasteiger partial charge in [-0.2, -0.15) is 0 Å². The highest BCUT2D eigenvalue weighted by Gasteiger charge is 2.25. The Morgan fingerprint density at radius 3 is 2.59 bits per heavy atom. The molecule has 0 aromatic heterocycles. The van der Waals surface area contributed by atoms with Crippen LogP contribution in [0.1, 0.15) is 29.6 Å². The van der Waals surface area contributed by atoms with Gasteiger partial charge in [0.05, 0.1) is 10.6 Å². The molecule has 1 fully saturated rings. The number of amides is 2. The summed E-state index contributed by atoms with van der Waals surface area (Å²) in [7, 11) is 0. The molecule has 2 rings (SSSR count).